The van der Waals surface area contributed by atoms with E-state index in [1.807, 2.05) is 12.1 Å². The molecular weight excluding hydrogens is 421 g/mol. The Balaban J connectivity index is 1.12. The van der Waals surface area contributed by atoms with E-state index < -0.39 is 19.0 Å². The highest BCUT2D eigenvalue weighted by Crippen LogP contribution is 2.34. The SMILES string of the molecule is O=C(N[C@H]1C[C@@H](CCN2CCN(c3cccc(Cl)c3Cl)CC2)C1)N1CC(F)(F)C1. The van der Waals surface area contributed by atoms with Crippen LogP contribution in [0.25, 0.3) is 0 Å². The maximum Gasteiger partial charge on any atom is 0.318 e. The average Bonchev–Trinajstić information content (AvgIpc) is 2.64. The van der Waals surface area contributed by atoms with Gasteiger partial charge in [-0.1, -0.05) is 29.3 Å². The van der Waals surface area contributed by atoms with Crippen molar-refractivity contribution in [2.75, 3.05) is 50.7 Å². The summed E-state index contributed by atoms with van der Waals surface area (Å²) in [4.78, 5) is 17.8. The van der Waals surface area contributed by atoms with Gasteiger partial charge in [0.25, 0.3) is 5.92 Å². The normalized spacial score (nSPS) is 26.6. The first kappa shape index (κ1) is 20.9. The van der Waals surface area contributed by atoms with E-state index in [1.54, 1.807) is 6.07 Å². The molecule has 0 atom stereocenters. The van der Waals surface area contributed by atoms with E-state index in [9.17, 15) is 13.6 Å². The standard InChI is InChI=1S/C20H26Cl2F2N4O/c21-16-2-1-3-17(18(16)22)27-8-6-26(7-9-27)5-4-14-10-15(11-14)25-19(29)28-12-20(23,24)13-28/h1-3,14-15H,4-13H2,(H,25,29)/t14-,15+. The maximum atomic E-state index is 12.8. The van der Waals surface area contributed by atoms with Crippen molar-refractivity contribution in [2.24, 2.45) is 5.92 Å². The van der Waals surface area contributed by atoms with E-state index in [2.05, 4.69) is 15.1 Å². The Morgan fingerprint density at radius 1 is 1.14 bits per heavy atom. The van der Waals surface area contributed by atoms with Crippen molar-refractivity contribution in [3.05, 3.63) is 28.2 Å². The number of likely N-dealkylation sites (tertiary alicyclic amines) is 1. The van der Waals surface area contributed by atoms with E-state index in [-0.39, 0.29) is 12.1 Å². The summed E-state index contributed by atoms with van der Waals surface area (Å²) in [5, 5.41) is 4.07. The third-order valence-corrected chi connectivity index (χ3v) is 7.00. The lowest BCUT2D eigenvalue weighted by molar-refractivity contribution is -0.110. The van der Waals surface area contributed by atoms with Crippen molar-refractivity contribution in [1.82, 2.24) is 15.1 Å². The highest BCUT2D eigenvalue weighted by Gasteiger charge is 2.47. The van der Waals surface area contributed by atoms with Gasteiger partial charge < -0.3 is 15.1 Å². The first-order chi connectivity index (χ1) is 13.8. The van der Waals surface area contributed by atoms with E-state index in [0.717, 1.165) is 57.7 Å². The highest BCUT2D eigenvalue weighted by molar-refractivity contribution is 6.43. The summed E-state index contributed by atoms with van der Waals surface area (Å²) in [6.07, 6.45) is 2.98. The second kappa shape index (κ2) is 8.44. The minimum Gasteiger partial charge on any atom is -0.368 e. The number of piperazine rings is 1. The molecule has 0 radical (unpaired) electrons. The van der Waals surface area contributed by atoms with Gasteiger partial charge in [-0.15, -0.1) is 0 Å². The molecule has 2 saturated heterocycles. The highest BCUT2D eigenvalue weighted by atomic mass is 35.5. The largest absolute Gasteiger partial charge is 0.368 e. The maximum absolute atomic E-state index is 12.8. The van der Waals surface area contributed by atoms with Gasteiger partial charge >= 0.3 is 6.03 Å². The van der Waals surface area contributed by atoms with Crippen molar-refractivity contribution < 1.29 is 13.6 Å². The number of amides is 2. The second-order valence-electron chi connectivity index (χ2n) is 8.39. The van der Waals surface area contributed by atoms with Gasteiger partial charge in [0, 0.05) is 32.2 Å². The Kier molecular flexibility index (Phi) is 6.09. The van der Waals surface area contributed by atoms with Crippen molar-refractivity contribution >= 4 is 34.9 Å². The fourth-order valence-electron chi connectivity index (χ4n) is 4.33. The molecule has 1 aromatic carbocycles. The molecule has 29 heavy (non-hydrogen) atoms. The number of carbonyl (C=O) groups excluding carboxylic acids is 1. The fraction of sp³-hybridized carbons (Fsp3) is 0.650. The fourth-order valence-corrected chi connectivity index (χ4v) is 4.74. The smallest absolute Gasteiger partial charge is 0.318 e. The Labute approximate surface area is 179 Å². The molecule has 5 nitrogen and oxygen atoms in total. The van der Waals surface area contributed by atoms with Crippen LogP contribution in [0.4, 0.5) is 19.3 Å². The van der Waals surface area contributed by atoms with Gasteiger partial charge in [0.2, 0.25) is 0 Å². The topological polar surface area (TPSA) is 38.8 Å². The number of halogens is 4. The number of carbonyl (C=O) groups is 1. The Morgan fingerprint density at radius 2 is 1.83 bits per heavy atom. The molecule has 1 aliphatic carbocycles. The summed E-state index contributed by atoms with van der Waals surface area (Å²) in [5.74, 6) is -2.11. The lowest BCUT2D eigenvalue weighted by atomic mass is 9.78. The average molecular weight is 447 g/mol. The third kappa shape index (κ3) is 4.89. The Bertz CT molecular complexity index is 744. The summed E-state index contributed by atoms with van der Waals surface area (Å²) < 4.78 is 25.7. The van der Waals surface area contributed by atoms with E-state index >= 15 is 0 Å². The predicted molar refractivity (Wildman–Crippen MR) is 111 cm³/mol. The summed E-state index contributed by atoms with van der Waals surface area (Å²) in [6, 6.07) is 5.51. The number of rotatable bonds is 5. The van der Waals surface area contributed by atoms with Crippen molar-refractivity contribution in [1.29, 1.82) is 0 Å². The van der Waals surface area contributed by atoms with Crippen LogP contribution in [0.15, 0.2) is 18.2 Å². The van der Waals surface area contributed by atoms with Crippen LogP contribution in [0.1, 0.15) is 19.3 Å². The lowest BCUT2D eigenvalue weighted by Crippen LogP contribution is -2.62. The van der Waals surface area contributed by atoms with Gasteiger partial charge in [-0.05, 0) is 43.9 Å². The molecule has 0 unspecified atom stereocenters. The van der Waals surface area contributed by atoms with Crippen LogP contribution in [0.2, 0.25) is 10.0 Å². The molecule has 160 valence electrons. The van der Waals surface area contributed by atoms with Gasteiger partial charge in [0.05, 0.1) is 28.8 Å². The molecule has 0 bridgehead atoms. The number of alkyl halides is 2. The van der Waals surface area contributed by atoms with E-state index in [4.69, 9.17) is 23.2 Å². The third-order valence-electron chi connectivity index (χ3n) is 6.19. The Morgan fingerprint density at radius 3 is 2.48 bits per heavy atom. The first-order valence-corrected chi connectivity index (χ1v) is 10.9. The number of anilines is 1. The van der Waals surface area contributed by atoms with Crippen molar-refractivity contribution in [3.8, 4) is 0 Å². The molecule has 9 heteroatoms. The van der Waals surface area contributed by atoms with Crippen molar-refractivity contribution in [3.63, 3.8) is 0 Å². The monoisotopic (exact) mass is 446 g/mol. The van der Waals surface area contributed by atoms with Gasteiger partial charge in [-0.2, -0.15) is 0 Å². The first-order valence-electron chi connectivity index (χ1n) is 10.2. The molecule has 0 aromatic heterocycles. The summed E-state index contributed by atoms with van der Waals surface area (Å²) in [5.41, 5.74) is 0.997. The van der Waals surface area contributed by atoms with Gasteiger partial charge in [-0.3, -0.25) is 4.90 Å². The minimum absolute atomic E-state index is 0.128. The molecule has 1 N–H and O–H groups in total. The zero-order chi connectivity index (χ0) is 20.6. The van der Waals surface area contributed by atoms with Crippen LogP contribution < -0.4 is 10.2 Å². The molecule has 1 saturated carbocycles. The quantitative estimate of drug-likeness (QED) is 0.743. The molecule has 3 fully saturated rings. The molecule has 2 aliphatic heterocycles. The van der Waals surface area contributed by atoms with Crippen LogP contribution in [-0.2, 0) is 0 Å². The van der Waals surface area contributed by atoms with Crippen molar-refractivity contribution in [2.45, 2.75) is 31.2 Å². The molecule has 2 heterocycles. The second-order valence-corrected chi connectivity index (χ2v) is 9.17. The molecule has 4 rings (SSSR count). The summed E-state index contributed by atoms with van der Waals surface area (Å²) in [6.45, 7) is 3.94. The number of benzene rings is 1. The lowest BCUT2D eigenvalue weighted by Gasteiger charge is -2.42. The number of nitrogens with one attached hydrogen (secondary N) is 1. The molecule has 3 aliphatic rings. The van der Waals surface area contributed by atoms with Crippen LogP contribution in [-0.4, -0.2) is 73.6 Å². The zero-order valence-electron chi connectivity index (χ0n) is 16.2. The van der Waals surface area contributed by atoms with Gasteiger partial charge in [-0.25, -0.2) is 13.6 Å². The molecule has 2 amide bonds. The number of nitrogens with zero attached hydrogens (tertiary/aromatic N) is 3. The van der Waals surface area contributed by atoms with E-state index in [1.165, 1.54) is 4.90 Å². The molecule has 1 aromatic rings. The minimum atomic E-state index is -2.71. The Hall–Kier alpha value is -1.31. The number of hydrogen-bond acceptors (Lipinski definition) is 3. The molecular formula is C20H26Cl2F2N4O. The predicted octanol–water partition coefficient (Wildman–Crippen LogP) is 3.94. The van der Waals surface area contributed by atoms with Gasteiger partial charge in [0.1, 0.15) is 0 Å². The van der Waals surface area contributed by atoms with Crippen LogP contribution in [0.5, 0.6) is 0 Å². The summed E-state index contributed by atoms with van der Waals surface area (Å²) in [7, 11) is 0. The summed E-state index contributed by atoms with van der Waals surface area (Å²) >= 11 is 12.5. The molecule has 0 spiro atoms. The number of urea groups is 1. The van der Waals surface area contributed by atoms with Gasteiger partial charge in [0.15, 0.2) is 0 Å². The number of hydrogen-bond donors (Lipinski definition) is 1. The van der Waals surface area contributed by atoms with Crippen LogP contribution >= 0.6 is 23.2 Å². The zero-order valence-corrected chi connectivity index (χ0v) is 17.7. The van der Waals surface area contributed by atoms with Crippen LogP contribution in [0, 0.1) is 5.92 Å². The van der Waals surface area contributed by atoms with E-state index in [0.29, 0.717) is 16.0 Å². The van der Waals surface area contributed by atoms with Crippen LogP contribution in [0.3, 0.4) is 0 Å².